The lowest BCUT2D eigenvalue weighted by atomic mass is 10.2. The highest BCUT2D eigenvalue weighted by Gasteiger charge is 2.15. The van der Waals surface area contributed by atoms with Gasteiger partial charge in [-0.25, -0.2) is 4.98 Å². The third-order valence-electron chi connectivity index (χ3n) is 2.49. The maximum atomic E-state index is 10.8. The van der Waals surface area contributed by atoms with E-state index in [0.717, 1.165) is 0 Å². The molecule has 0 saturated heterocycles. The molecule has 6 nitrogen and oxygen atoms in total. The van der Waals surface area contributed by atoms with Crippen molar-refractivity contribution in [3.05, 3.63) is 50.6 Å². The molecule has 0 unspecified atom stereocenters. The molecular weight excluding hydrogens is 314 g/mol. The molecule has 2 N–H and O–H groups in total. The first kappa shape index (κ1) is 13.3. The lowest BCUT2D eigenvalue weighted by molar-refractivity contribution is -0.385. The molecule has 0 aliphatic heterocycles. The van der Waals surface area contributed by atoms with Gasteiger partial charge in [0.05, 0.1) is 26.8 Å². The van der Waals surface area contributed by atoms with Crippen molar-refractivity contribution in [1.82, 2.24) is 4.98 Å². The molecule has 0 atom stereocenters. The average molecular weight is 324 g/mol. The van der Waals surface area contributed by atoms with E-state index in [1.54, 1.807) is 25.1 Å². The molecule has 2 rings (SSSR count). The van der Waals surface area contributed by atoms with Crippen LogP contribution in [0.3, 0.4) is 0 Å². The molecular formula is C12H10BrN3O3. The maximum absolute atomic E-state index is 10.8. The van der Waals surface area contributed by atoms with E-state index in [4.69, 9.17) is 10.5 Å². The Morgan fingerprint density at radius 1 is 1.47 bits per heavy atom. The zero-order valence-electron chi connectivity index (χ0n) is 9.96. The van der Waals surface area contributed by atoms with Crippen molar-refractivity contribution in [2.45, 2.75) is 6.92 Å². The summed E-state index contributed by atoms with van der Waals surface area (Å²) in [5, 5.41) is 10.8. The number of hydrogen-bond acceptors (Lipinski definition) is 5. The van der Waals surface area contributed by atoms with E-state index in [1.165, 1.54) is 12.3 Å². The van der Waals surface area contributed by atoms with Crippen LogP contribution in [0.15, 0.2) is 34.9 Å². The predicted octanol–water partition coefficient (Wildman–Crippen LogP) is 3.44. The number of anilines is 1. The summed E-state index contributed by atoms with van der Waals surface area (Å²) >= 11 is 3.28. The number of nitrogens with two attached hydrogens (primary N) is 1. The number of ether oxygens (including phenoxy) is 1. The van der Waals surface area contributed by atoms with Crippen molar-refractivity contribution in [2.75, 3.05) is 5.73 Å². The SMILES string of the molecule is Cc1c(Oc2ncc(N)cc2Br)cccc1[N+](=O)[O-]. The second-order valence-corrected chi connectivity index (χ2v) is 4.67. The fraction of sp³-hybridized carbons (Fsp3) is 0.0833. The molecule has 0 bridgehead atoms. The van der Waals surface area contributed by atoms with E-state index < -0.39 is 4.92 Å². The lowest BCUT2D eigenvalue weighted by Gasteiger charge is -2.09. The maximum Gasteiger partial charge on any atom is 0.276 e. The number of nitrogens with zero attached hydrogens (tertiary/aromatic N) is 2. The molecule has 0 radical (unpaired) electrons. The minimum atomic E-state index is -0.451. The standard InChI is InChI=1S/C12H10BrN3O3/c1-7-10(16(17)18)3-2-4-11(7)19-12-9(13)5-8(14)6-15-12/h2-6H,14H2,1H3. The zero-order chi connectivity index (χ0) is 14.0. The highest BCUT2D eigenvalue weighted by molar-refractivity contribution is 9.10. The fourth-order valence-corrected chi connectivity index (χ4v) is 1.98. The molecule has 0 spiro atoms. The zero-order valence-corrected chi connectivity index (χ0v) is 11.5. The van der Waals surface area contributed by atoms with Crippen LogP contribution in [0.4, 0.5) is 11.4 Å². The predicted molar refractivity (Wildman–Crippen MR) is 74.3 cm³/mol. The molecule has 0 fully saturated rings. The molecule has 1 aromatic carbocycles. The minimum Gasteiger partial charge on any atom is -0.437 e. The monoisotopic (exact) mass is 323 g/mol. The molecule has 7 heteroatoms. The van der Waals surface area contributed by atoms with Crippen LogP contribution in [0.2, 0.25) is 0 Å². The highest BCUT2D eigenvalue weighted by atomic mass is 79.9. The van der Waals surface area contributed by atoms with Gasteiger partial charge in [-0.1, -0.05) is 6.07 Å². The Hall–Kier alpha value is -2.15. The van der Waals surface area contributed by atoms with Crippen molar-refractivity contribution in [2.24, 2.45) is 0 Å². The topological polar surface area (TPSA) is 91.3 Å². The van der Waals surface area contributed by atoms with Crippen LogP contribution in [0.1, 0.15) is 5.56 Å². The number of rotatable bonds is 3. The van der Waals surface area contributed by atoms with Crippen LogP contribution >= 0.6 is 15.9 Å². The van der Waals surface area contributed by atoms with Crippen LogP contribution in [0, 0.1) is 17.0 Å². The van der Waals surface area contributed by atoms with Gasteiger partial charge in [0.1, 0.15) is 5.75 Å². The van der Waals surface area contributed by atoms with E-state index in [2.05, 4.69) is 20.9 Å². The molecule has 98 valence electrons. The van der Waals surface area contributed by atoms with E-state index in [0.29, 0.717) is 27.4 Å². The van der Waals surface area contributed by atoms with Crippen molar-refractivity contribution in [1.29, 1.82) is 0 Å². The van der Waals surface area contributed by atoms with Gasteiger partial charge in [0.15, 0.2) is 0 Å². The summed E-state index contributed by atoms with van der Waals surface area (Å²) in [5.41, 5.74) is 6.52. The van der Waals surface area contributed by atoms with Gasteiger partial charge in [0.25, 0.3) is 5.69 Å². The highest BCUT2D eigenvalue weighted by Crippen LogP contribution is 2.33. The molecule has 1 heterocycles. The van der Waals surface area contributed by atoms with Gasteiger partial charge < -0.3 is 10.5 Å². The van der Waals surface area contributed by atoms with Crippen molar-refractivity contribution >= 4 is 27.3 Å². The molecule has 0 aliphatic rings. The van der Waals surface area contributed by atoms with Crippen LogP contribution in [0.25, 0.3) is 0 Å². The third kappa shape index (κ3) is 2.82. The largest absolute Gasteiger partial charge is 0.437 e. The lowest BCUT2D eigenvalue weighted by Crippen LogP contribution is -1.96. The summed E-state index contributed by atoms with van der Waals surface area (Å²) in [5.74, 6) is 0.685. The van der Waals surface area contributed by atoms with Gasteiger partial charge in [-0.2, -0.15) is 0 Å². The quantitative estimate of drug-likeness (QED) is 0.690. The minimum absolute atomic E-state index is 0.00377. The van der Waals surface area contributed by atoms with Crippen LogP contribution in [0.5, 0.6) is 11.6 Å². The number of pyridine rings is 1. The normalized spacial score (nSPS) is 10.2. The van der Waals surface area contributed by atoms with Gasteiger partial charge >= 0.3 is 0 Å². The van der Waals surface area contributed by atoms with Crippen LogP contribution in [-0.2, 0) is 0 Å². The van der Waals surface area contributed by atoms with Crippen LogP contribution in [-0.4, -0.2) is 9.91 Å². The third-order valence-corrected chi connectivity index (χ3v) is 3.06. The molecule has 0 aliphatic carbocycles. The average Bonchev–Trinajstić information content (AvgIpc) is 2.34. The summed E-state index contributed by atoms with van der Waals surface area (Å²) < 4.78 is 6.15. The summed E-state index contributed by atoms with van der Waals surface area (Å²) in [6.07, 6.45) is 1.45. The van der Waals surface area contributed by atoms with Crippen LogP contribution < -0.4 is 10.5 Å². The van der Waals surface area contributed by atoms with Gasteiger partial charge in [0, 0.05) is 6.07 Å². The molecule has 0 amide bonds. The van der Waals surface area contributed by atoms with Gasteiger partial charge in [-0.15, -0.1) is 0 Å². The summed E-state index contributed by atoms with van der Waals surface area (Å²) in [7, 11) is 0. The van der Waals surface area contributed by atoms with E-state index in [-0.39, 0.29) is 5.69 Å². The van der Waals surface area contributed by atoms with E-state index >= 15 is 0 Å². The van der Waals surface area contributed by atoms with Crippen molar-refractivity contribution < 1.29 is 9.66 Å². The first-order valence-corrected chi connectivity index (χ1v) is 6.11. The van der Waals surface area contributed by atoms with Gasteiger partial charge in [0.2, 0.25) is 5.88 Å². The number of nitro benzene ring substituents is 1. The Bertz CT molecular complexity index is 646. The van der Waals surface area contributed by atoms with Crippen molar-refractivity contribution in [3.63, 3.8) is 0 Å². The number of nitrogen functional groups attached to an aromatic ring is 1. The second kappa shape index (κ2) is 5.23. The number of aromatic nitrogens is 1. The smallest absolute Gasteiger partial charge is 0.276 e. The second-order valence-electron chi connectivity index (χ2n) is 3.82. The number of nitro groups is 1. The Balaban J connectivity index is 2.38. The van der Waals surface area contributed by atoms with E-state index in [1.807, 2.05) is 0 Å². The van der Waals surface area contributed by atoms with Gasteiger partial charge in [-0.3, -0.25) is 10.1 Å². The molecule has 2 aromatic rings. The Morgan fingerprint density at radius 2 is 2.21 bits per heavy atom. The number of hydrogen-bond donors (Lipinski definition) is 1. The molecule has 0 saturated carbocycles. The number of halogens is 1. The fourth-order valence-electron chi connectivity index (χ4n) is 1.53. The number of benzene rings is 1. The molecule has 1 aromatic heterocycles. The molecule has 19 heavy (non-hydrogen) atoms. The van der Waals surface area contributed by atoms with E-state index in [9.17, 15) is 10.1 Å². The summed E-state index contributed by atoms with van der Waals surface area (Å²) in [6, 6.07) is 6.28. The van der Waals surface area contributed by atoms with Crippen molar-refractivity contribution in [3.8, 4) is 11.6 Å². The summed E-state index contributed by atoms with van der Waals surface area (Å²) in [4.78, 5) is 14.4. The Labute approximate surface area is 117 Å². The Morgan fingerprint density at radius 3 is 2.84 bits per heavy atom. The Kier molecular flexibility index (Phi) is 3.66. The first-order valence-electron chi connectivity index (χ1n) is 5.32. The van der Waals surface area contributed by atoms with Gasteiger partial charge in [-0.05, 0) is 35.0 Å². The first-order chi connectivity index (χ1) is 8.99. The summed E-state index contributed by atoms with van der Waals surface area (Å²) in [6.45, 7) is 1.62.